The quantitative estimate of drug-likeness (QED) is 0.817. The third kappa shape index (κ3) is 2.99. The SMILES string of the molecule is Cc1c(SC2CCN(C)CC2)ccc2[nH]c(=S)n(C(C)C)c12. The molecule has 1 aliphatic heterocycles. The van der Waals surface area contributed by atoms with Gasteiger partial charge in [-0.2, -0.15) is 0 Å². The van der Waals surface area contributed by atoms with Crippen LogP contribution in [0.5, 0.6) is 0 Å². The highest BCUT2D eigenvalue weighted by molar-refractivity contribution is 8.00. The lowest BCUT2D eigenvalue weighted by Crippen LogP contribution is -2.31. The maximum absolute atomic E-state index is 5.50. The van der Waals surface area contributed by atoms with E-state index in [0.29, 0.717) is 6.04 Å². The van der Waals surface area contributed by atoms with Crippen LogP contribution in [0, 0.1) is 11.7 Å². The summed E-state index contributed by atoms with van der Waals surface area (Å²) in [5, 5.41) is 0.738. The predicted molar refractivity (Wildman–Crippen MR) is 98.6 cm³/mol. The lowest BCUT2D eigenvalue weighted by atomic mass is 10.1. The molecule has 0 spiro atoms. The zero-order valence-corrected chi connectivity index (χ0v) is 15.5. The van der Waals surface area contributed by atoms with E-state index < -0.39 is 0 Å². The number of nitrogens with one attached hydrogen (secondary N) is 1. The molecule has 0 amide bonds. The van der Waals surface area contributed by atoms with Crippen molar-refractivity contribution in [3.05, 3.63) is 22.5 Å². The molecule has 0 aliphatic carbocycles. The number of nitrogens with zero attached hydrogens (tertiary/aromatic N) is 2. The van der Waals surface area contributed by atoms with Crippen LogP contribution in [0.3, 0.4) is 0 Å². The summed E-state index contributed by atoms with van der Waals surface area (Å²) in [4.78, 5) is 7.18. The van der Waals surface area contributed by atoms with E-state index in [-0.39, 0.29) is 0 Å². The van der Waals surface area contributed by atoms with Gasteiger partial charge in [-0.25, -0.2) is 0 Å². The normalized spacial score (nSPS) is 17.7. The Morgan fingerprint density at radius 1 is 1.27 bits per heavy atom. The first-order valence-electron chi connectivity index (χ1n) is 8.06. The topological polar surface area (TPSA) is 24.0 Å². The Morgan fingerprint density at radius 2 is 1.95 bits per heavy atom. The number of aryl methyl sites for hydroxylation is 1. The maximum atomic E-state index is 5.50. The van der Waals surface area contributed by atoms with Gasteiger partial charge >= 0.3 is 0 Å². The molecule has 0 radical (unpaired) electrons. The number of aromatic amines is 1. The number of benzene rings is 1. The highest BCUT2D eigenvalue weighted by Gasteiger charge is 2.20. The Hall–Kier alpha value is -0.780. The van der Waals surface area contributed by atoms with Gasteiger partial charge in [0, 0.05) is 16.2 Å². The van der Waals surface area contributed by atoms with E-state index >= 15 is 0 Å². The first-order chi connectivity index (χ1) is 10.5. The first kappa shape index (κ1) is 16.1. The van der Waals surface area contributed by atoms with Gasteiger partial charge in [0.15, 0.2) is 4.77 Å². The van der Waals surface area contributed by atoms with Gasteiger partial charge in [-0.15, -0.1) is 11.8 Å². The number of imidazole rings is 1. The van der Waals surface area contributed by atoms with Gasteiger partial charge in [-0.3, -0.25) is 0 Å². The van der Waals surface area contributed by atoms with E-state index in [4.69, 9.17) is 12.2 Å². The summed E-state index contributed by atoms with van der Waals surface area (Å²) >= 11 is 7.55. The van der Waals surface area contributed by atoms with E-state index in [1.54, 1.807) is 0 Å². The molecule has 2 heterocycles. The summed E-state index contributed by atoms with van der Waals surface area (Å²) in [5.74, 6) is 0. The molecule has 1 fully saturated rings. The molecule has 1 aromatic carbocycles. The molecule has 120 valence electrons. The Balaban J connectivity index is 1.96. The molecule has 0 unspecified atom stereocenters. The van der Waals surface area contributed by atoms with Crippen molar-refractivity contribution in [3.8, 4) is 0 Å². The second-order valence-electron chi connectivity index (χ2n) is 6.60. The standard InChI is InChI=1S/C17H25N3S2/c1-11(2)20-16-12(3)15(6-5-14(16)18-17(20)21)22-13-7-9-19(4)10-8-13/h5-6,11,13H,7-10H2,1-4H3,(H,18,21). The van der Waals surface area contributed by atoms with Crippen molar-refractivity contribution in [2.45, 2.75) is 49.8 Å². The molecule has 2 aromatic rings. The predicted octanol–water partition coefficient (Wildman–Crippen LogP) is 4.77. The van der Waals surface area contributed by atoms with Gasteiger partial charge in [0.25, 0.3) is 0 Å². The molecule has 0 saturated carbocycles. The number of H-pyrrole nitrogens is 1. The molecule has 1 N–H and O–H groups in total. The number of piperidine rings is 1. The molecule has 1 aliphatic rings. The Morgan fingerprint density at radius 3 is 2.59 bits per heavy atom. The van der Waals surface area contributed by atoms with E-state index in [0.717, 1.165) is 15.5 Å². The van der Waals surface area contributed by atoms with Gasteiger partial charge in [-0.05, 0) is 83.7 Å². The average molecular weight is 336 g/mol. The van der Waals surface area contributed by atoms with Crippen LogP contribution in [0.2, 0.25) is 0 Å². The summed E-state index contributed by atoms with van der Waals surface area (Å²) in [6.45, 7) is 9.05. The smallest absolute Gasteiger partial charge is 0.178 e. The van der Waals surface area contributed by atoms with E-state index in [1.807, 2.05) is 11.8 Å². The van der Waals surface area contributed by atoms with Gasteiger partial charge in [0.1, 0.15) is 0 Å². The van der Waals surface area contributed by atoms with Crippen molar-refractivity contribution in [2.24, 2.45) is 0 Å². The molecule has 3 nitrogen and oxygen atoms in total. The Kier molecular flexibility index (Phi) is 4.67. The van der Waals surface area contributed by atoms with Crippen LogP contribution in [0.4, 0.5) is 0 Å². The lowest BCUT2D eigenvalue weighted by Gasteiger charge is -2.28. The number of rotatable bonds is 3. The molecular formula is C17H25N3S2. The molecule has 1 aromatic heterocycles. The fourth-order valence-electron chi connectivity index (χ4n) is 3.27. The van der Waals surface area contributed by atoms with Crippen molar-refractivity contribution in [1.29, 1.82) is 0 Å². The van der Waals surface area contributed by atoms with E-state index in [1.165, 1.54) is 41.9 Å². The largest absolute Gasteiger partial charge is 0.331 e. The van der Waals surface area contributed by atoms with Crippen LogP contribution in [0.25, 0.3) is 11.0 Å². The van der Waals surface area contributed by atoms with E-state index in [9.17, 15) is 0 Å². The highest BCUT2D eigenvalue weighted by Crippen LogP contribution is 2.35. The summed E-state index contributed by atoms with van der Waals surface area (Å²) in [7, 11) is 2.22. The van der Waals surface area contributed by atoms with Crippen molar-refractivity contribution >= 4 is 35.0 Å². The average Bonchev–Trinajstić information content (AvgIpc) is 2.81. The van der Waals surface area contributed by atoms with Crippen molar-refractivity contribution in [3.63, 3.8) is 0 Å². The van der Waals surface area contributed by atoms with Crippen molar-refractivity contribution in [1.82, 2.24) is 14.5 Å². The number of fused-ring (bicyclic) bond motifs is 1. The lowest BCUT2D eigenvalue weighted by molar-refractivity contribution is 0.282. The molecule has 0 atom stereocenters. The molecule has 5 heteroatoms. The van der Waals surface area contributed by atoms with Gasteiger partial charge in [-0.1, -0.05) is 0 Å². The van der Waals surface area contributed by atoms with Crippen LogP contribution in [-0.4, -0.2) is 39.8 Å². The maximum Gasteiger partial charge on any atom is 0.178 e. The fourth-order valence-corrected chi connectivity index (χ4v) is 4.91. The third-order valence-electron chi connectivity index (χ3n) is 4.56. The summed E-state index contributed by atoms with van der Waals surface area (Å²) in [6, 6.07) is 4.83. The molecular weight excluding hydrogens is 310 g/mol. The van der Waals surface area contributed by atoms with E-state index in [2.05, 4.69) is 54.4 Å². The third-order valence-corrected chi connectivity index (χ3v) is 6.36. The van der Waals surface area contributed by atoms with Crippen LogP contribution >= 0.6 is 24.0 Å². The molecule has 1 saturated heterocycles. The molecule has 0 bridgehead atoms. The van der Waals surface area contributed by atoms with Gasteiger partial charge in [0.2, 0.25) is 0 Å². The molecule has 3 rings (SSSR count). The minimum absolute atomic E-state index is 0.378. The van der Waals surface area contributed by atoms with Crippen LogP contribution in [0.15, 0.2) is 17.0 Å². The number of aromatic nitrogens is 2. The van der Waals surface area contributed by atoms with Crippen LogP contribution < -0.4 is 0 Å². The van der Waals surface area contributed by atoms with Crippen molar-refractivity contribution < 1.29 is 0 Å². The van der Waals surface area contributed by atoms with Gasteiger partial charge in [0.05, 0.1) is 11.0 Å². The van der Waals surface area contributed by atoms with Gasteiger partial charge < -0.3 is 14.5 Å². The number of likely N-dealkylation sites (tertiary alicyclic amines) is 1. The number of hydrogen-bond acceptors (Lipinski definition) is 3. The Labute approximate surface area is 142 Å². The summed E-state index contributed by atoms with van der Waals surface area (Å²) in [5.41, 5.74) is 3.80. The number of hydrogen-bond donors (Lipinski definition) is 1. The number of thioether (sulfide) groups is 1. The molecule has 22 heavy (non-hydrogen) atoms. The zero-order chi connectivity index (χ0) is 15.9. The monoisotopic (exact) mass is 335 g/mol. The van der Waals surface area contributed by atoms with Crippen molar-refractivity contribution in [2.75, 3.05) is 20.1 Å². The Bertz CT molecular complexity index is 721. The second kappa shape index (κ2) is 6.38. The summed E-state index contributed by atoms with van der Waals surface area (Å²) in [6.07, 6.45) is 2.56. The minimum Gasteiger partial charge on any atom is -0.331 e. The summed E-state index contributed by atoms with van der Waals surface area (Å²) < 4.78 is 3.08. The fraction of sp³-hybridized carbons (Fsp3) is 0.588. The second-order valence-corrected chi connectivity index (χ2v) is 8.33. The highest BCUT2D eigenvalue weighted by atomic mass is 32.2. The first-order valence-corrected chi connectivity index (χ1v) is 9.35. The van der Waals surface area contributed by atoms with Crippen LogP contribution in [0.1, 0.15) is 38.3 Å². The zero-order valence-electron chi connectivity index (χ0n) is 13.8. The van der Waals surface area contributed by atoms with Crippen LogP contribution in [-0.2, 0) is 0 Å². The minimum atomic E-state index is 0.378.